The molecule has 0 N–H and O–H groups in total. The predicted octanol–water partition coefficient (Wildman–Crippen LogP) is 1.31. The molecule has 0 spiro atoms. The van der Waals surface area contributed by atoms with Gasteiger partial charge >= 0.3 is 5.97 Å². The van der Waals surface area contributed by atoms with Crippen molar-refractivity contribution in [3.8, 4) is 0 Å². The zero-order valence-corrected chi connectivity index (χ0v) is 7.34. The Bertz CT molecular complexity index is 176. The molecule has 0 saturated carbocycles. The molecule has 1 aliphatic heterocycles. The number of rotatable bonds is 3. The number of cyclic esters (lactones) is 1. The number of ketones is 1. The van der Waals surface area contributed by atoms with Crippen molar-refractivity contribution in [1.82, 2.24) is 0 Å². The minimum absolute atomic E-state index is 0.103. The van der Waals surface area contributed by atoms with Crippen LogP contribution in [0.15, 0.2) is 0 Å². The standard InChI is InChI=1S/C9H14O3/c1-7(10)2-3-8-4-5-9(11)12-6-8/h8H,2-6H2,1H3. The van der Waals surface area contributed by atoms with E-state index >= 15 is 0 Å². The third kappa shape index (κ3) is 3.03. The molecule has 0 aromatic heterocycles. The van der Waals surface area contributed by atoms with Crippen molar-refractivity contribution in [2.24, 2.45) is 5.92 Å². The lowest BCUT2D eigenvalue weighted by atomic mass is 9.96. The van der Waals surface area contributed by atoms with Crippen LogP contribution in [0.3, 0.4) is 0 Å². The van der Waals surface area contributed by atoms with E-state index < -0.39 is 0 Å². The Morgan fingerprint density at radius 3 is 2.92 bits per heavy atom. The second kappa shape index (κ2) is 4.24. The van der Waals surface area contributed by atoms with Gasteiger partial charge in [-0.2, -0.15) is 0 Å². The highest BCUT2D eigenvalue weighted by Gasteiger charge is 2.19. The van der Waals surface area contributed by atoms with Crippen LogP contribution in [0, 0.1) is 5.92 Å². The SMILES string of the molecule is CC(=O)CCC1CCC(=O)OC1. The van der Waals surface area contributed by atoms with Crippen molar-refractivity contribution in [2.45, 2.75) is 32.6 Å². The number of hydrogen-bond acceptors (Lipinski definition) is 3. The molecular formula is C9H14O3. The lowest BCUT2D eigenvalue weighted by Gasteiger charge is -2.20. The first-order valence-electron chi connectivity index (χ1n) is 4.33. The molecule has 3 nitrogen and oxygen atoms in total. The molecule has 0 aromatic carbocycles. The van der Waals surface area contributed by atoms with Crippen LogP contribution in [0.5, 0.6) is 0 Å². The number of Topliss-reactive ketones (excluding diaryl/α,β-unsaturated/α-hetero) is 1. The zero-order chi connectivity index (χ0) is 8.97. The summed E-state index contributed by atoms with van der Waals surface area (Å²) in [5.74, 6) is 0.521. The summed E-state index contributed by atoms with van der Waals surface area (Å²) in [6.07, 6.45) is 2.87. The number of carbonyl (C=O) groups excluding carboxylic acids is 2. The Labute approximate surface area is 72.1 Å². The highest BCUT2D eigenvalue weighted by Crippen LogP contribution is 2.19. The van der Waals surface area contributed by atoms with Gasteiger partial charge in [-0.15, -0.1) is 0 Å². The van der Waals surface area contributed by atoms with Gasteiger partial charge in [0.1, 0.15) is 5.78 Å². The van der Waals surface area contributed by atoms with Crippen LogP contribution in [0.2, 0.25) is 0 Å². The molecule has 1 rings (SSSR count). The Morgan fingerprint density at radius 2 is 2.42 bits per heavy atom. The van der Waals surface area contributed by atoms with E-state index in [1.54, 1.807) is 6.92 Å². The summed E-state index contributed by atoms with van der Waals surface area (Å²) < 4.78 is 4.87. The van der Waals surface area contributed by atoms with Crippen LogP contribution < -0.4 is 0 Å². The molecule has 0 aromatic rings. The second-order valence-electron chi connectivity index (χ2n) is 3.33. The summed E-state index contributed by atoms with van der Waals surface area (Å²) in [6.45, 7) is 2.10. The fourth-order valence-electron chi connectivity index (χ4n) is 1.32. The summed E-state index contributed by atoms with van der Waals surface area (Å²) in [5, 5.41) is 0. The third-order valence-corrected chi connectivity index (χ3v) is 2.14. The molecular weight excluding hydrogens is 156 g/mol. The highest BCUT2D eigenvalue weighted by molar-refractivity contribution is 5.75. The molecule has 0 aliphatic carbocycles. The van der Waals surface area contributed by atoms with Gasteiger partial charge in [0.2, 0.25) is 0 Å². The fourth-order valence-corrected chi connectivity index (χ4v) is 1.32. The van der Waals surface area contributed by atoms with Crippen molar-refractivity contribution in [3.63, 3.8) is 0 Å². The van der Waals surface area contributed by atoms with Crippen molar-refractivity contribution < 1.29 is 14.3 Å². The lowest BCUT2D eigenvalue weighted by molar-refractivity contribution is -0.149. The maximum Gasteiger partial charge on any atom is 0.305 e. The Kier molecular flexibility index (Phi) is 3.26. The summed E-state index contributed by atoms with van der Waals surface area (Å²) in [6, 6.07) is 0. The molecule has 0 amide bonds. The van der Waals surface area contributed by atoms with Crippen LogP contribution in [0.25, 0.3) is 0 Å². The lowest BCUT2D eigenvalue weighted by Crippen LogP contribution is -2.21. The maximum atomic E-state index is 10.7. The van der Waals surface area contributed by atoms with Crippen LogP contribution in [0.4, 0.5) is 0 Å². The molecule has 1 unspecified atom stereocenters. The van der Waals surface area contributed by atoms with E-state index in [1.807, 2.05) is 0 Å². The van der Waals surface area contributed by atoms with E-state index in [0.717, 1.165) is 12.8 Å². The van der Waals surface area contributed by atoms with E-state index in [9.17, 15) is 9.59 Å². The second-order valence-corrected chi connectivity index (χ2v) is 3.33. The molecule has 68 valence electrons. The van der Waals surface area contributed by atoms with E-state index in [4.69, 9.17) is 4.74 Å². The molecule has 12 heavy (non-hydrogen) atoms. The maximum absolute atomic E-state index is 10.7. The molecule has 0 bridgehead atoms. The Hall–Kier alpha value is -0.860. The monoisotopic (exact) mass is 170 g/mol. The molecule has 1 saturated heterocycles. The summed E-state index contributed by atoms with van der Waals surface area (Å²) in [7, 11) is 0. The van der Waals surface area contributed by atoms with Gasteiger partial charge in [0.25, 0.3) is 0 Å². The molecule has 3 heteroatoms. The van der Waals surface area contributed by atoms with Gasteiger partial charge in [-0.3, -0.25) is 4.79 Å². The molecule has 0 radical (unpaired) electrons. The largest absolute Gasteiger partial charge is 0.465 e. The summed E-state index contributed by atoms with van der Waals surface area (Å²) in [4.78, 5) is 21.3. The minimum Gasteiger partial charge on any atom is -0.465 e. The summed E-state index contributed by atoms with van der Waals surface area (Å²) >= 11 is 0. The third-order valence-electron chi connectivity index (χ3n) is 2.14. The number of esters is 1. The number of ether oxygens (including phenoxy) is 1. The molecule has 1 heterocycles. The van der Waals surface area contributed by atoms with Crippen molar-refractivity contribution in [2.75, 3.05) is 6.61 Å². The van der Waals surface area contributed by atoms with Gasteiger partial charge < -0.3 is 9.53 Å². The van der Waals surface area contributed by atoms with E-state index in [1.165, 1.54) is 0 Å². The van der Waals surface area contributed by atoms with Gasteiger partial charge in [0.15, 0.2) is 0 Å². The first kappa shape index (κ1) is 9.23. The summed E-state index contributed by atoms with van der Waals surface area (Å²) in [5.41, 5.74) is 0. The predicted molar refractivity (Wildman–Crippen MR) is 43.6 cm³/mol. The van der Waals surface area contributed by atoms with E-state index in [-0.39, 0.29) is 11.8 Å². The van der Waals surface area contributed by atoms with Gasteiger partial charge in [0, 0.05) is 12.8 Å². The van der Waals surface area contributed by atoms with E-state index in [2.05, 4.69) is 0 Å². The van der Waals surface area contributed by atoms with Gasteiger partial charge in [-0.25, -0.2) is 0 Å². The van der Waals surface area contributed by atoms with Crippen molar-refractivity contribution in [1.29, 1.82) is 0 Å². The number of hydrogen-bond donors (Lipinski definition) is 0. The minimum atomic E-state index is -0.103. The van der Waals surface area contributed by atoms with Crippen LogP contribution in [-0.2, 0) is 14.3 Å². The average molecular weight is 170 g/mol. The van der Waals surface area contributed by atoms with Crippen molar-refractivity contribution >= 4 is 11.8 Å². The molecule has 1 aliphatic rings. The van der Waals surface area contributed by atoms with Crippen LogP contribution in [0.1, 0.15) is 32.6 Å². The van der Waals surface area contributed by atoms with Crippen molar-refractivity contribution in [3.05, 3.63) is 0 Å². The number of carbonyl (C=O) groups is 2. The normalized spacial score (nSPS) is 23.4. The van der Waals surface area contributed by atoms with Crippen LogP contribution >= 0.6 is 0 Å². The van der Waals surface area contributed by atoms with Gasteiger partial charge in [-0.05, 0) is 25.7 Å². The first-order valence-corrected chi connectivity index (χ1v) is 4.33. The quantitative estimate of drug-likeness (QED) is 0.600. The topological polar surface area (TPSA) is 43.4 Å². The highest BCUT2D eigenvalue weighted by atomic mass is 16.5. The van der Waals surface area contributed by atoms with Gasteiger partial charge in [0.05, 0.1) is 6.61 Å². The molecule has 1 atom stereocenters. The zero-order valence-electron chi connectivity index (χ0n) is 7.34. The van der Waals surface area contributed by atoms with E-state index in [0.29, 0.717) is 25.4 Å². The molecule has 1 fully saturated rings. The smallest absolute Gasteiger partial charge is 0.305 e. The van der Waals surface area contributed by atoms with Crippen LogP contribution in [-0.4, -0.2) is 18.4 Å². The Balaban J connectivity index is 2.17. The first-order chi connectivity index (χ1) is 5.68. The average Bonchev–Trinajstić information content (AvgIpc) is 2.03. The fraction of sp³-hybridized carbons (Fsp3) is 0.778. The van der Waals surface area contributed by atoms with Gasteiger partial charge in [-0.1, -0.05) is 0 Å². The Morgan fingerprint density at radius 1 is 1.67 bits per heavy atom.